The van der Waals surface area contributed by atoms with Crippen LogP contribution in [-0.4, -0.2) is 58.9 Å². The second-order valence-electron chi connectivity index (χ2n) is 7.38. The fourth-order valence-electron chi connectivity index (χ4n) is 3.85. The number of likely N-dealkylation sites (tertiary alicyclic amines) is 1. The molecule has 0 saturated carbocycles. The molecule has 1 aliphatic rings. The highest BCUT2D eigenvalue weighted by molar-refractivity contribution is 5.98. The first-order valence-corrected chi connectivity index (χ1v) is 9.90. The summed E-state index contributed by atoms with van der Waals surface area (Å²) in [5.74, 6) is 0.474. The van der Waals surface area contributed by atoms with Gasteiger partial charge in [-0.05, 0) is 31.9 Å². The smallest absolute Gasteiger partial charge is 0.256 e. The first-order valence-electron chi connectivity index (χ1n) is 9.90. The van der Waals surface area contributed by atoms with E-state index in [2.05, 4.69) is 27.1 Å². The molecule has 2 atom stereocenters. The van der Waals surface area contributed by atoms with Crippen molar-refractivity contribution in [2.24, 2.45) is 0 Å². The number of hydrogen-bond acceptors (Lipinski definition) is 6. The third kappa shape index (κ3) is 3.28. The van der Waals surface area contributed by atoms with Gasteiger partial charge < -0.3 is 14.0 Å². The van der Waals surface area contributed by atoms with Crippen molar-refractivity contribution in [3.05, 3.63) is 67.1 Å². The van der Waals surface area contributed by atoms with Gasteiger partial charge >= 0.3 is 0 Å². The molecular weight excluding hydrogens is 382 g/mol. The molecule has 1 saturated heterocycles. The molecule has 4 heterocycles. The number of hydrogen-bond donors (Lipinski definition) is 0. The number of carbonyl (C=O) groups is 1. The summed E-state index contributed by atoms with van der Waals surface area (Å²) in [6.45, 7) is 2.55. The van der Waals surface area contributed by atoms with Crippen LogP contribution in [-0.2, 0) is 0 Å². The normalized spacial score (nSPS) is 19.2. The SMILES string of the molecule is C[C@@H]1CC[C@@H](Oc2nccn3cncc23)CN1C(=O)c1ccccc1-n1nccn1. The third-order valence-corrected chi connectivity index (χ3v) is 5.45. The Morgan fingerprint density at radius 2 is 1.97 bits per heavy atom. The van der Waals surface area contributed by atoms with Crippen molar-refractivity contribution in [2.75, 3.05) is 6.54 Å². The summed E-state index contributed by atoms with van der Waals surface area (Å²) < 4.78 is 8.06. The number of rotatable bonds is 4. The summed E-state index contributed by atoms with van der Waals surface area (Å²) in [7, 11) is 0. The molecule has 1 aliphatic heterocycles. The first kappa shape index (κ1) is 18.3. The summed E-state index contributed by atoms with van der Waals surface area (Å²) >= 11 is 0. The highest BCUT2D eigenvalue weighted by Gasteiger charge is 2.32. The number of ether oxygens (including phenoxy) is 1. The highest BCUT2D eigenvalue weighted by atomic mass is 16.5. The van der Waals surface area contributed by atoms with Crippen LogP contribution >= 0.6 is 0 Å². The number of nitrogens with zero attached hydrogens (tertiary/aromatic N) is 7. The Hall–Kier alpha value is -3.75. The molecule has 30 heavy (non-hydrogen) atoms. The van der Waals surface area contributed by atoms with Gasteiger partial charge in [0.05, 0.1) is 42.7 Å². The minimum absolute atomic E-state index is 0.0563. The summed E-state index contributed by atoms with van der Waals surface area (Å²) in [6, 6.07) is 7.49. The summed E-state index contributed by atoms with van der Waals surface area (Å²) in [4.78, 5) is 25.3. The average molecular weight is 403 g/mol. The van der Waals surface area contributed by atoms with Crippen molar-refractivity contribution >= 4 is 11.4 Å². The van der Waals surface area contributed by atoms with Gasteiger partial charge in [0.1, 0.15) is 11.6 Å². The van der Waals surface area contributed by atoms with Gasteiger partial charge in [-0.15, -0.1) is 0 Å². The lowest BCUT2D eigenvalue weighted by Crippen LogP contribution is -2.49. The third-order valence-electron chi connectivity index (χ3n) is 5.45. The second-order valence-corrected chi connectivity index (χ2v) is 7.38. The number of imidazole rings is 1. The number of benzene rings is 1. The quantitative estimate of drug-likeness (QED) is 0.520. The molecule has 9 heteroatoms. The van der Waals surface area contributed by atoms with Gasteiger partial charge in [-0.2, -0.15) is 15.0 Å². The minimum atomic E-state index is -0.145. The van der Waals surface area contributed by atoms with E-state index in [4.69, 9.17) is 4.74 Å². The van der Waals surface area contributed by atoms with Gasteiger partial charge in [0.25, 0.3) is 5.91 Å². The zero-order valence-electron chi connectivity index (χ0n) is 16.5. The Morgan fingerprint density at radius 3 is 2.83 bits per heavy atom. The maximum absolute atomic E-state index is 13.5. The van der Waals surface area contributed by atoms with E-state index in [9.17, 15) is 4.79 Å². The zero-order chi connectivity index (χ0) is 20.5. The summed E-state index contributed by atoms with van der Waals surface area (Å²) in [5.41, 5.74) is 2.04. The van der Waals surface area contributed by atoms with Crippen LogP contribution in [0.5, 0.6) is 5.88 Å². The molecule has 0 N–H and O–H groups in total. The van der Waals surface area contributed by atoms with Crippen LogP contribution in [0.25, 0.3) is 11.2 Å². The highest BCUT2D eigenvalue weighted by Crippen LogP contribution is 2.26. The lowest BCUT2D eigenvalue weighted by atomic mass is 9.99. The Labute approximate surface area is 172 Å². The van der Waals surface area contributed by atoms with Crippen molar-refractivity contribution in [1.82, 2.24) is 34.3 Å². The van der Waals surface area contributed by atoms with Crippen molar-refractivity contribution in [3.63, 3.8) is 0 Å². The number of amides is 1. The lowest BCUT2D eigenvalue weighted by Gasteiger charge is -2.38. The van der Waals surface area contributed by atoms with Gasteiger partial charge in [-0.3, -0.25) is 4.79 Å². The standard InChI is InChI=1S/C21H21N7O2/c1-15-6-7-16(30-20-19-12-22-14-26(19)11-10-23-20)13-27(15)21(29)17-4-2-3-5-18(17)28-24-8-9-25-28/h2-5,8-12,14-16H,6-7,13H2,1H3/t15-,16-/m1/s1. The first-order chi connectivity index (χ1) is 14.7. The molecular formula is C21H21N7O2. The van der Waals surface area contributed by atoms with Crippen LogP contribution in [0.4, 0.5) is 0 Å². The average Bonchev–Trinajstić information content (AvgIpc) is 3.47. The van der Waals surface area contributed by atoms with E-state index in [1.807, 2.05) is 39.8 Å². The number of carbonyl (C=O) groups excluding carboxylic acids is 1. The van der Waals surface area contributed by atoms with Crippen LogP contribution in [0.1, 0.15) is 30.1 Å². The van der Waals surface area contributed by atoms with Gasteiger partial charge in [0, 0.05) is 18.4 Å². The largest absolute Gasteiger partial charge is 0.471 e. The lowest BCUT2D eigenvalue weighted by molar-refractivity contribution is 0.0376. The second kappa shape index (κ2) is 7.58. The van der Waals surface area contributed by atoms with E-state index < -0.39 is 0 Å². The molecule has 0 aliphatic carbocycles. The molecule has 0 spiro atoms. The van der Waals surface area contributed by atoms with E-state index in [1.54, 1.807) is 31.1 Å². The van der Waals surface area contributed by atoms with Crippen LogP contribution in [0.15, 0.2) is 61.6 Å². The minimum Gasteiger partial charge on any atom is -0.471 e. The Kier molecular flexibility index (Phi) is 4.62. The van der Waals surface area contributed by atoms with Crippen LogP contribution in [0.3, 0.4) is 0 Å². The van der Waals surface area contributed by atoms with Crippen molar-refractivity contribution in [3.8, 4) is 11.6 Å². The van der Waals surface area contributed by atoms with Crippen molar-refractivity contribution in [2.45, 2.75) is 31.9 Å². The molecule has 1 fully saturated rings. The van der Waals surface area contributed by atoms with Gasteiger partial charge in [0.2, 0.25) is 5.88 Å². The molecule has 9 nitrogen and oxygen atoms in total. The summed E-state index contributed by atoms with van der Waals surface area (Å²) in [6.07, 6.45) is 11.7. The van der Waals surface area contributed by atoms with E-state index in [1.165, 1.54) is 4.80 Å². The Bertz CT molecular complexity index is 1170. The van der Waals surface area contributed by atoms with Gasteiger partial charge in [-0.1, -0.05) is 12.1 Å². The van der Waals surface area contributed by atoms with Crippen LogP contribution in [0.2, 0.25) is 0 Å². The van der Waals surface area contributed by atoms with Gasteiger partial charge in [-0.25, -0.2) is 9.97 Å². The van der Waals surface area contributed by atoms with E-state index >= 15 is 0 Å². The van der Waals surface area contributed by atoms with E-state index in [0.717, 1.165) is 18.4 Å². The number of fused-ring (bicyclic) bond motifs is 1. The molecule has 0 radical (unpaired) electrons. The number of para-hydroxylation sites is 1. The molecule has 0 bridgehead atoms. The molecule has 1 aromatic carbocycles. The maximum atomic E-state index is 13.5. The Morgan fingerprint density at radius 1 is 1.13 bits per heavy atom. The molecule has 5 rings (SSSR count). The molecule has 3 aromatic heterocycles. The van der Waals surface area contributed by atoms with E-state index in [0.29, 0.717) is 23.7 Å². The fourth-order valence-corrected chi connectivity index (χ4v) is 3.85. The molecule has 0 unspecified atom stereocenters. The van der Waals surface area contributed by atoms with Crippen molar-refractivity contribution in [1.29, 1.82) is 0 Å². The van der Waals surface area contributed by atoms with Crippen LogP contribution in [0, 0.1) is 0 Å². The number of piperidine rings is 1. The maximum Gasteiger partial charge on any atom is 0.256 e. The predicted octanol–water partition coefficient (Wildman–Crippen LogP) is 2.38. The predicted molar refractivity (Wildman–Crippen MR) is 108 cm³/mol. The Balaban J connectivity index is 1.39. The fraction of sp³-hybridized carbons (Fsp3) is 0.286. The monoisotopic (exact) mass is 403 g/mol. The van der Waals surface area contributed by atoms with Crippen molar-refractivity contribution < 1.29 is 9.53 Å². The van der Waals surface area contributed by atoms with E-state index in [-0.39, 0.29) is 18.1 Å². The molecule has 4 aromatic rings. The molecule has 1 amide bonds. The number of aromatic nitrogens is 6. The topological polar surface area (TPSA) is 90.4 Å². The van der Waals surface area contributed by atoms with Gasteiger partial charge in [0.15, 0.2) is 0 Å². The zero-order valence-corrected chi connectivity index (χ0v) is 16.5. The van der Waals surface area contributed by atoms with Crippen LogP contribution < -0.4 is 4.74 Å². The summed E-state index contributed by atoms with van der Waals surface area (Å²) in [5, 5.41) is 8.36. The molecule has 152 valence electrons.